The summed E-state index contributed by atoms with van der Waals surface area (Å²) in [6, 6.07) is 13.2. The van der Waals surface area contributed by atoms with Gasteiger partial charge in [0.25, 0.3) is 6.43 Å². The van der Waals surface area contributed by atoms with Crippen molar-refractivity contribution in [3.8, 4) is 0 Å². The Morgan fingerprint density at radius 1 is 0.905 bits per heavy atom. The van der Waals surface area contributed by atoms with E-state index in [9.17, 15) is 13.9 Å². The van der Waals surface area contributed by atoms with Crippen LogP contribution in [0.2, 0.25) is 0 Å². The summed E-state index contributed by atoms with van der Waals surface area (Å²) in [6.07, 6.45) is 0.0136. The number of alkyl halides is 2. The van der Waals surface area contributed by atoms with Crippen molar-refractivity contribution in [3.05, 3.63) is 77.6 Å². The molecule has 2 nitrogen and oxygen atoms in total. The molecule has 0 fully saturated rings. The van der Waals surface area contributed by atoms with Crippen molar-refractivity contribution in [2.75, 3.05) is 0 Å². The summed E-state index contributed by atoms with van der Waals surface area (Å²) in [6.45, 7) is 0. The third-order valence-electron chi connectivity index (χ3n) is 3.52. The minimum Gasteiger partial charge on any atom is -0.384 e. The Morgan fingerprint density at radius 2 is 1.62 bits per heavy atom. The number of nitrogens with zero attached hydrogens (tertiary/aromatic N) is 1. The van der Waals surface area contributed by atoms with Crippen LogP contribution in [0.1, 0.15) is 29.2 Å². The van der Waals surface area contributed by atoms with Gasteiger partial charge in [-0.05, 0) is 22.6 Å². The highest BCUT2D eigenvalue weighted by Crippen LogP contribution is 2.29. The average molecular weight is 285 g/mol. The van der Waals surface area contributed by atoms with Crippen molar-refractivity contribution >= 4 is 10.8 Å². The molecule has 106 valence electrons. The van der Waals surface area contributed by atoms with Gasteiger partial charge in [-0.2, -0.15) is 0 Å². The second-order valence-electron chi connectivity index (χ2n) is 4.81. The first-order valence-corrected chi connectivity index (χ1v) is 6.55. The average Bonchev–Trinajstić information content (AvgIpc) is 2.53. The number of pyridine rings is 1. The molecule has 2 aromatic carbocycles. The Bertz CT molecular complexity index is 751. The fraction of sp³-hybridized carbons (Fsp3) is 0.118. The molecule has 1 unspecified atom stereocenters. The molecule has 0 saturated heterocycles. The molecule has 0 aliphatic carbocycles. The van der Waals surface area contributed by atoms with E-state index in [1.54, 1.807) is 12.4 Å². The normalized spacial score (nSPS) is 12.8. The number of rotatable bonds is 3. The van der Waals surface area contributed by atoms with Gasteiger partial charge in [0.2, 0.25) is 0 Å². The van der Waals surface area contributed by atoms with Gasteiger partial charge in [0, 0.05) is 23.3 Å². The van der Waals surface area contributed by atoms with Crippen molar-refractivity contribution < 1.29 is 13.9 Å². The van der Waals surface area contributed by atoms with E-state index < -0.39 is 12.5 Å². The molecule has 0 bridgehead atoms. The molecule has 1 heterocycles. The maximum Gasteiger partial charge on any atom is 0.263 e. The quantitative estimate of drug-likeness (QED) is 0.780. The number of aliphatic hydroxyl groups excluding tert-OH is 1. The lowest BCUT2D eigenvalue weighted by Gasteiger charge is -2.14. The highest BCUT2D eigenvalue weighted by molar-refractivity contribution is 5.85. The largest absolute Gasteiger partial charge is 0.384 e. The zero-order chi connectivity index (χ0) is 14.8. The summed E-state index contributed by atoms with van der Waals surface area (Å²) in [5.74, 6) is 0. The van der Waals surface area contributed by atoms with Crippen LogP contribution in [0.15, 0.2) is 60.9 Å². The zero-order valence-electron chi connectivity index (χ0n) is 11.1. The van der Waals surface area contributed by atoms with E-state index >= 15 is 0 Å². The standard InChI is InChI=1S/C17H13F2NO/c18-17(19)13-6-4-12(5-7-13)16(21)14-3-1-2-11-8-9-20-10-15(11)14/h1-10,16-17,21H. The number of hydrogen-bond acceptors (Lipinski definition) is 2. The second-order valence-corrected chi connectivity index (χ2v) is 4.81. The Balaban J connectivity index is 2.02. The molecule has 1 N–H and O–H groups in total. The van der Waals surface area contributed by atoms with Crippen molar-refractivity contribution in [3.63, 3.8) is 0 Å². The van der Waals surface area contributed by atoms with E-state index in [2.05, 4.69) is 4.98 Å². The summed E-state index contributed by atoms with van der Waals surface area (Å²) in [5, 5.41) is 12.3. The Kier molecular flexibility index (Phi) is 3.62. The molecule has 4 heteroatoms. The van der Waals surface area contributed by atoms with Gasteiger partial charge in [0.1, 0.15) is 6.10 Å². The summed E-state index contributed by atoms with van der Waals surface area (Å²) in [5.41, 5.74) is 1.24. The van der Waals surface area contributed by atoms with E-state index in [1.165, 1.54) is 24.3 Å². The van der Waals surface area contributed by atoms with E-state index in [-0.39, 0.29) is 5.56 Å². The van der Waals surface area contributed by atoms with Crippen LogP contribution < -0.4 is 0 Å². The van der Waals surface area contributed by atoms with Gasteiger partial charge in [0.15, 0.2) is 0 Å². The molecule has 1 atom stereocenters. The van der Waals surface area contributed by atoms with Crippen molar-refractivity contribution in [2.24, 2.45) is 0 Å². The lowest BCUT2D eigenvalue weighted by molar-refractivity contribution is 0.151. The van der Waals surface area contributed by atoms with Gasteiger partial charge in [-0.1, -0.05) is 42.5 Å². The van der Waals surface area contributed by atoms with Crippen LogP contribution in [0.5, 0.6) is 0 Å². The minimum atomic E-state index is -2.50. The van der Waals surface area contributed by atoms with Gasteiger partial charge in [0.05, 0.1) is 0 Å². The number of fused-ring (bicyclic) bond motifs is 1. The number of aliphatic hydroxyl groups is 1. The van der Waals surface area contributed by atoms with E-state index in [1.807, 2.05) is 24.3 Å². The molecule has 0 radical (unpaired) electrons. The van der Waals surface area contributed by atoms with Gasteiger partial charge in [-0.3, -0.25) is 4.98 Å². The summed E-state index contributed by atoms with van der Waals surface area (Å²) in [7, 11) is 0. The topological polar surface area (TPSA) is 33.1 Å². The van der Waals surface area contributed by atoms with E-state index in [4.69, 9.17) is 0 Å². The molecular weight excluding hydrogens is 272 g/mol. The van der Waals surface area contributed by atoms with Gasteiger partial charge in [-0.15, -0.1) is 0 Å². The molecule has 0 saturated carbocycles. The van der Waals surface area contributed by atoms with Crippen LogP contribution >= 0.6 is 0 Å². The smallest absolute Gasteiger partial charge is 0.263 e. The maximum atomic E-state index is 12.6. The molecule has 0 aliphatic heterocycles. The number of hydrogen-bond donors (Lipinski definition) is 1. The number of benzene rings is 2. The van der Waals surface area contributed by atoms with Crippen LogP contribution in [0.3, 0.4) is 0 Å². The third-order valence-corrected chi connectivity index (χ3v) is 3.52. The molecule has 3 rings (SSSR count). The first-order valence-electron chi connectivity index (χ1n) is 6.55. The summed E-state index contributed by atoms with van der Waals surface area (Å²) >= 11 is 0. The van der Waals surface area contributed by atoms with Gasteiger partial charge >= 0.3 is 0 Å². The fourth-order valence-corrected chi connectivity index (χ4v) is 2.38. The molecule has 0 spiro atoms. The first kappa shape index (κ1) is 13.6. The van der Waals surface area contributed by atoms with Crippen molar-refractivity contribution in [1.29, 1.82) is 0 Å². The highest BCUT2D eigenvalue weighted by atomic mass is 19.3. The number of halogens is 2. The van der Waals surface area contributed by atoms with Crippen LogP contribution in [0.4, 0.5) is 8.78 Å². The van der Waals surface area contributed by atoms with Crippen molar-refractivity contribution in [2.45, 2.75) is 12.5 Å². The van der Waals surface area contributed by atoms with Gasteiger partial charge < -0.3 is 5.11 Å². The van der Waals surface area contributed by atoms with Crippen LogP contribution in [-0.4, -0.2) is 10.1 Å². The van der Waals surface area contributed by atoms with Gasteiger partial charge in [-0.25, -0.2) is 8.78 Å². The first-order chi connectivity index (χ1) is 10.2. The summed E-state index contributed by atoms with van der Waals surface area (Å²) < 4.78 is 25.1. The van der Waals surface area contributed by atoms with E-state index in [0.717, 1.165) is 10.8 Å². The molecule has 1 aromatic heterocycles. The van der Waals surface area contributed by atoms with Crippen LogP contribution in [0.25, 0.3) is 10.8 Å². The SMILES string of the molecule is OC(c1ccc(C(F)F)cc1)c1cccc2ccncc12. The predicted octanol–water partition coefficient (Wildman–Crippen LogP) is 4.25. The molecule has 21 heavy (non-hydrogen) atoms. The van der Waals surface area contributed by atoms with E-state index in [0.29, 0.717) is 11.1 Å². The zero-order valence-corrected chi connectivity index (χ0v) is 11.1. The third kappa shape index (κ3) is 2.62. The minimum absolute atomic E-state index is 0.0504. The molecule has 3 aromatic rings. The fourth-order valence-electron chi connectivity index (χ4n) is 2.38. The Morgan fingerprint density at radius 3 is 2.33 bits per heavy atom. The number of aromatic nitrogens is 1. The highest BCUT2D eigenvalue weighted by Gasteiger charge is 2.14. The van der Waals surface area contributed by atoms with Crippen molar-refractivity contribution in [1.82, 2.24) is 4.98 Å². The predicted molar refractivity (Wildman–Crippen MR) is 77.2 cm³/mol. The lowest BCUT2D eigenvalue weighted by Crippen LogP contribution is -2.01. The molecule has 0 amide bonds. The summed E-state index contributed by atoms with van der Waals surface area (Å²) in [4.78, 5) is 4.08. The monoisotopic (exact) mass is 285 g/mol. The Hall–Kier alpha value is -2.33. The second kappa shape index (κ2) is 5.58. The van der Waals surface area contributed by atoms with Crippen LogP contribution in [-0.2, 0) is 0 Å². The molecular formula is C17H13F2NO. The Labute approximate surface area is 120 Å². The van der Waals surface area contributed by atoms with Crippen LogP contribution in [0, 0.1) is 0 Å². The molecule has 0 aliphatic rings. The lowest BCUT2D eigenvalue weighted by atomic mass is 9.96. The maximum absolute atomic E-state index is 12.6.